The van der Waals surface area contributed by atoms with E-state index in [1.165, 1.54) is 18.2 Å². The van der Waals surface area contributed by atoms with E-state index in [1.54, 1.807) is 24.3 Å². The Hall–Kier alpha value is -5.78. The van der Waals surface area contributed by atoms with Crippen molar-refractivity contribution in [2.75, 3.05) is 0 Å². The van der Waals surface area contributed by atoms with Crippen LogP contribution in [-0.4, -0.2) is 15.3 Å². The molecule has 0 radical (unpaired) electrons. The van der Waals surface area contributed by atoms with Crippen LogP contribution in [-0.2, 0) is 0 Å². The van der Waals surface area contributed by atoms with Crippen LogP contribution in [0.1, 0.15) is 16.7 Å². The van der Waals surface area contributed by atoms with E-state index in [0.717, 1.165) is 22.4 Å². The molecule has 0 heterocycles. The zero-order valence-corrected chi connectivity index (χ0v) is 20.8. The number of ether oxygens (including phenoxy) is 2. The lowest BCUT2D eigenvalue weighted by Crippen LogP contribution is -1.84. The van der Waals surface area contributed by atoms with Crippen LogP contribution in [0.5, 0.6) is 34.5 Å². The zero-order chi connectivity index (χ0) is 27.3. The third-order valence-electron chi connectivity index (χ3n) is 5.07. The molecule has 0 unspecified atom stereocenters. The van der Waals surface area contributed by atoms with Gasteiger partial charge in [-0.05, 0) is 78.7 Å². The van der Waals surface area contributed by atoms with Crippen molar-refractivity contribution in [2.45, 2.75) is 0 Å². The fraction of sp³-hybridized carbons (Fsp3) is 0. The number of phenols is 3. The molecule has 5 aromatic carbocycles. The van der Waals surface area contributed by atoms with Crippen LogP contribution in [0.2, 0.25) is 0 Å². The fourth-order valence-corrected chi connectivity index (χ4v) is 3.21. The highest BCUT2D eigenvalue weighted by molar-refractivity contribution is 5.45. The van der Waals surface area contributed by atoms with Crippen LogP contribution in [0.3, 0.4) is 0 Å². The maximum atomic E-state index is 9.24. The normalized spacial score (nSPS) is 9.44. The van der Waals surface area contributed by atoms with E-state index in [0.29, 0.717) is 11.5 Å². The maximum absolute atomic E-state index is 9.24. The first kappa shape index (κ1) is 26.3. The van der Waals surface area contributed by atoms with Crippen molar-refractivity contribution in [2.24, 2.45) is 0 Å². The second kappa shape index (κ2) is 13.5. The summed E-state index contributed by atoms with van der Waals surface area (Å²) in [6, 6.07) is 37.4. The van der Waals surface area contributed by atoms with Gasteiger partial charge in [-0.1, -0.05) is 48.2 Å². The third kappa shape index (κ3) is 8.99. The maximum Gasteiger partial charge on any atom is 0.147 e. The SMILES string of the molecule is Oc1cc(O)cc(OC#Cc2ccccc2)c1.Oc1ccc(Oc2ccc(C#Cc3ccccc3)cc2)cc1. The topological polar surface area (TPSA) is 79.2 Å². The molecule has 5 aromatic rings. The van der Waals surface area contributed by atoms with Gasteiger partial charge in [-0.2, -0.15) is 0 Å². The Bertz CT molecular complexity index is 1580. The Morgan fingerprint density at radius 1 is 0.410 bits per heavy atom. The van der Waals surface area contributed by atoms with Gasteiger partial charge in [0, 0.05) is 34.9 Å². The Morgan fingerprint density at radius 2 is 0.872 bits per heavy atom. The first-order valence-electron chi connectivity index (χ1n) is 11.9. The Kier molecular flexibility index (Phi) is 9.10. The molecule has 0 fully saturated rings. The van der Waals surface area contributed by atoms with Crippen LogP contribution in [0.25, 0.3) is 0 Å². The second-order valence-corrected chi connectivity index (χ2v) is 8.12. The molecule has 0 amide bonds. The minimum absolute atomic E-state index is 0.0680. The Balaban J connectivity index is 0.000000187. The van der Waals surface area contributed by atoms with Crippen molar-refractivity contribution in [3.8, 4) is 58.4 Å². The molecule has 39 heavy (non-hydrogen) atoms. The highest BCUT2D eigenvalue weighted by atomic mass is 16.5. The monoisotopic (exact) mass is 512 g/mol. The van der Waals surface area contributed by atoms with Gasteiger partial charge in [0.1, 0.15) is 40.6 Å². The summed E-state index contributed by atoms with van der Waals surface area (Å²) >= 11 is 0. The summed E-state index contributed by atoms with van der Waals surface area (Å²) in [7, 11) is 0. The number of benzene rings is 5. The molecule has 0 atom stereocenters. The third-order valence-corrected chi connectivity index (χ3v) is 5.07. The molecule has 5 rings (SSSR count). The number of hydrogen-bond donors (Lipinski definition) is 3. The average molecular weight is 513 g/mol. The lowest BCUT2D eigenvalue weighted by molar-refractivity contribution is 0.438. The summed E-state index contributed by atoms with van der Waals surface area (Å²) in [5, 5.41) is 27.7. The summed E-state index contributed by atoms with van der Waals surface area (Å²) < 4.78 is 10.8. The van der Waals surface area contributed by atoms with Crippen molar-refractivity contribution in [1.29, 1.82) is 0 Å². The van der Waals surface area contributed by atoms with E-state index in [1.807, 2.05) is 84.9 Å². The summed E-state index contributed by atoms with van der Waals surface area (Å²) in [5.41, 5.74) is 2.76. The van der Waals surface area contributed by atoms with Crippen molar-refractivity contribution < 1.29 is 24.8 Å². The minimum atomic E-state index is -0.0680. The lowest BCUT2D eigenvalue weighted by Gasteiger charge is -2.05. The Morgan fingerprint density at radius 3 is 1.41 bits per heavy atom. The molecule has 0 saturated carbocycles. The van der Waals surface area contributed by atoms with Gasteiger partial charge >= 0.3 is 0 Å². The summed E-state index contributed by atoms with van der Waals surface area (Å²) in [6.45, 7) is 0. The molecule has 0 aliphatic rings. The van der Waals surface area contributed by atoms with Crippen molar-refractivity contribution in [3.05, 3.63) is 144 Å². The van der Waals surface area contributed by atoms with E-state index in [4.69, 9.17) is 9.47 Å². The van der Waals surface area contributed by atoms with Gasteiger partial charge < -0.3 is 24.8 Å². The van der Waals surface area contributed by atoms with Crippen LogP contribution in [0.15, 0.2) is 127 Å². The largest absolute Gasteiger partial charge is 0.508 e. The Labute approximate surface area is 227 Å². The van der Waals surface area contributed by atoms with Gasteiger partial charge in [0.2, 0.25) is 0 Å². The first-order valence-corrected chi connectivity index (χ1v) is 11.9. The standard InChI is InChI=1S/C20H14O2.C14H10O3/c21-18-10-14-20(15-11-18)22-19-12-8-17(9-13-19)7-6-16-4-2-1-3-5-16;15-12-8-13(16)10-14(9-12)17-7-6-11-4-2-1-3-5-11/h1-5,8-15,21H;1-5,8-10,15-16H. The highest BCUT2D eigenvalue weighted by Crippen LogP contribution is 2.25. The van der Waals surface area contributed by atoms with Gasteiger partial charge in [0.25, 0.3) is 0 Å². The smallest absolute Gasteiger partial charge is 0.147 e. The highest BCUT2D eigenvalue weighted by Gasteiger charge is 1.99. The zero-order valence-electron chi connectivity index (χ0n) is 20.8. The number of phenolic OH excluding ortho intramolecular Hbond substituents is 3. The van der Waals surface area contributed by atoms with Crippen molar-refractivity contribution in [3.63, 3.8) is 0 Å². The van der Waals surface area contributed by atoms with Gasteiger partial charge in [0.05, 0.1) is 0 Å². The quantitative estimate of drug-likeness (QED) is 0.225. The predicted molar refractivity (Wildman–Crippen MR) is 151 cm³/mol. The van der Waals surface area contributed by atoms with E-state index in [9.17, 15) is 15.3 Å². The molecule has 0 aliphatic carbocycles. The minimum Gasteiger partial charge on any atom is -0.508 e. The molecular weight excluding hydrogens is 488 g/mol. The molecule has 0 aromatic heterocycles. The molecule has 3 N–H and O–H groups in total. The summed E-state index contributed by atoms with van der Waals surface area (Å²) in [5.74, 6) is 10.8. The average Bonchev–Trinajstić information content (AvgIpc) is 2.95. The second-order valence-electron chi connectivity index (χ2n) is 8.12. The molecule has 0 aliphatic heterocycles. The van der Waals surface area contributed by atoms with Crippen LogP contribution < -0.4 is 9.47 Å². The van der Waals surface area contributed by atoms with Gasteiger partial charge in [-0.15, -0.1) is 0 Å². The molecular formula is C34H24O5. The molecule has 0 bridgehead atoms. The van der Waals surface area contributed by atoms with E-state index in [-0.39, 0.29) is 17.2 Å². The van der Waals surface area contributed by atoms with Crippen molar-refractivity contribution >= 4 is 0 Å². The summed E-state index contributed by atoms with van der Waals surface area (Å²) in [6.07, 6.45) is 2.50. The van der Waals surface area contributed by atoms with E-state index < -0.39 is 0 Å². The fourth-order valence-electron chi connectivity index (χ4n) is 3.21. The number of aromatic hydroxyl groups is 3. The van der Waals surface area contributed by atoms with Gasteiger partial charge in [-0.25, -0.2) is 0 Å². The first-order chi connectivity index (χ1) is 19.0. The molecule has 0 saturated heterocycles. The molecule has 0 spiro atoms. The summed E-state index contributed by atoms with van der Waals surface area (Å²) in [4.78, 5) is 0. The van der Waals surface area contributed by atoms with Crippen LogP contribution in [0.4, 0.5) is 0 Å². The molecule has 5 heteroatoms. The van der Waals surface area contributed by atoms with Crippen molar-refractivity contribution in [1.82, 2.24) is 0 Å². The molecule has 190 valence electrons. The lowest BCUT2D eigenvalue weighted by atomic mass is 10.2. The molecule has 5 nitrogen and oxygen atoms in total. The number of hydrogen-bond acceptors (Lipinski definition) is 5. The number of rotatable bonds is 3. The van der Waals surface area contributed by atoms with Gasteiger partial charge in [-0.3, -0.25) is 0 Å². The van der Waals surface area contributed by atoms with E-state index in [2.05, 4.69) is 23.9 Å². The van der Waals surface area contributed by atoms with Gasteiger partial charge in [0.15, 0.2) is 0 Å². The van der Waals surface area contributed by atoms with Crippen LogP contribution >= 0.6 is 0 Å². The van der Waals surface area contributed by atoms with Crippen LogP contribution in [0, 0.1) is 23.9 Å². The predicted octanol–water partition coefficient (Wildman–Crippen LogP) is 7.07. The van der Waals surface area contributed by atoms with E-state index >= 15 is 0 Å².